The van der Waals surface area contributed by atoms with E-state index in [9.17, 15) is 0 Å². The van der Waals surface area contributed by atoms with Crippen LogP contribution in [0.2, 0.25) is 0 Å². The van der Waals surface area contributed by atoms with Crippen LogP contribution in [0.1, 0.15) is 37.3 Å². The lowest BCUT2D eigenvalue weighted by Crippen LogP contribution is -1.95. The molecule has 0 aliphatic heterocycles. The van der Waals surface area contributed by atoms with Gasteiger partial charge in [-0.15, -0.1) is 0 Å². The molecule has 0 bridgehead atoms. The van der Waals surface area contributed by atoms with Crippen LogP contribution in [0.3, 0.4) is 0 Å². The Morgan fingerprint density at radius 3 is 2.87 bits per heavy atom. The highest BCUT2D eigenvalue weighted by Gasteiger charge is 2.12. The number of hydrogen-bond donors (Lipinski definition) is 1. The molecule has 0 fully saturated rings. The van der Waals surface area contributed by atoms with Gasteiger partial charge in [0.1, 0.15) is 5.58 Å². The summed E-state index contributed by atoms with van der Waals surface area (Å²) >= 11 is 0. The summed E-state index contributed by atoms with van der Waals surface area (Å²) in [6, 6.07) is 6.30. The number of para-hydroxylation sites is 1. The van der Waals surface area contributed by atoms with E-state index < -0.39 is 0 Å². The van der Waals surface area contributed by atoms with Crippen molar-refractivity contribution in [3.8, 4) is 0 Å². The Bertz CT molecular complexity index is 459. The Balaban J connectivity index is 2.61. The molecule has 1 unspecified atom stereocenters. The quantitative estimate of drug-likeness (QED) is 0.830. The smallest absolute Gasteiger partial charge is 0.137 e. The van der Waals surface area contributed by atoms with Crippen molar-refractivity contribution < 1.29 is 4.42 Å². The van der Waals surface area contributed by atoms with Crippen LogP contribution < -0.4 is 5.73 Å². The standard InChI is InChI=1S/C13H17NO/c1-3-9(2)11-5-4-6-12-10(7-14)8-15-13(11)12/h4-6,8-9H,3,7,14H2,1-2H3. The molecule has 1 atom stereocenters. The average Bonchev–Trinajstić information content (AvgIpc) is 2.70. The minimum absolute atomic E-state index is 0.533. The highest BCUT2D eigenvalue weighted by molar-refractivity contribution is 5.84. The van der Waals surface area contributed by atoms with Crippen molar-refractivity contribution in [1.82, 2.24) is 0 Å². The van der Waals surface area contributed by atoms with Gasteiger partial charge in [0.05, 0.1) is 6.26 Å². The lowest BCUT2D eigenvalue weighted by molar-refractivity contribution is 0.597. The number of hydrogen-bond acceptors (Lipinski definition) is 2. The van der Waals surface area contributed by atoms with Gasteiger partial charge in [0.25, 0.3) is 0 Å². The maximum atomic E-state index is 5.66. The first-order valence-corrected chi connectivity index (χ1v) is 5.47. The van der Waals surface area contributed by atoms with E-state index in [0.717, 1.165) is 23.0 Å². The van der Waals surface area contributed by atoms with Crippen LogP contribution in [0.15, 0.2) is 28.9 Å². The van der Waals surface area contributed by atoms with Crippen LogP contribution in [0.5, 0.6) is 0 Å². The van der Waals surface area contributed by atoms with Crippen molar-refractivity contribution in [2.45, 2.75) is 32.7 Å². The summed E-state index contributed by atoms with van der Waals surface area (Å²) in [6.45, 7) is 4.95. The van der Waals surface area contributed by atoms with Crippen molar-refractivity contribution in [3.63, 3.8) is 0 Å². The number of nitrogens with two attached hydrogens (primary N) is 1. The van der Waals surface area contributed by atoms with Crippen molar-refractivity contribution in [3.05, 3.63) is 35.6 Å². The maximum absolute atomic E-state index is 5.66. The zero-order valence-corrected chi connectivity index (χ0v) is 9.29. The summed E-state index contributed by atoms with van der Waals surface area (Å²) in [7, 11) is 0. The van der Waals surface area contributed by atoms with E-state index >= 15 is 0 Å². The van der Waals surface area contributed by atoms with Crippen molar-refractivity contribution in [2.24, 2.45) is 5.73 Å². The molecule has 0 spiro atoms. The minimum atomic E-state index is 0.533. The second kappa shape index (κ2) is 4.07. The fourth-order valence-corrected chi connectivity index (χ4v) is 1.90. The van der Waals surface area contributed by atoms with Gasteiger partial charge in [-0.2, -0.15) is 0 Å². The monoisotopic (exact) mass is 203 g/mol. The van der Waals surface area contributed by atoms with E-state index in [0.29, 0.717) is 12.5 Å². The molecule has 1 aromatic carbocycles. The predicted octanol–water partition coefficient (Wildman–Crippen LogP) is 3.41. The zero-order chi connectivity index (χ0) is 10.8. The first-order chi connectivity index (χ1) is 7.27. The fraction of sp³-hybridized carbons (Fsp3) is 0.385. The fourth-order valence-electron chi connectivity index (χ4n) is 1.90. The van der Waals surface area contributed by atoms with Crippen LogP contribution in [-0.4, -0.2) is 0 Å². The third kappa shape index (κ3) is 1.65. The van der Waals surface area contributed by atoms with Crippen LogP contribution in [-0.2, 0) is 6.54 Å². The molecule has 0 radical (unpaired) electrons. The van der Waals surface area contributed by atoms with E-state index in [2.05, 4.69) is 32.0 Å². The predicted molar refractivity (Wildman–Crippen MR) is 62.8 cm³/mol. The van der Waals surface area contributed by atoms with E-state index in [1.54, 1.807) is 6.26 Å². The van der Waals surface area contributed by atoms with Gasteiger partial charge in [0.2, 0.25) is 0 Å². The molecule has 0 amide bonds. The molecule has 0 aliphatic rings. The van der Waals surface area contributed by atoms with Crippen LogP contribution in [0, 0.1) is 0 Å². The largest absolute Gasteiger partial charge is 0.464 e. The highest BCUT2D eigenvalue weighted by atomic mass is 16.3. The zero-order valence-electron chi connectivity index (χ0n) is 9.29. The van der Waals surface area contributed by atoms with Crippen LogP contribution in [0.4, 0.5) is 0 Å². The van der Waals surface area contributed by atoms with Crippen molar-refractivity contribution in [1.29, 1.82) is 0 Å². The Morgan fingerprint density at radius 1 is 1.40 bits per heavy atom. The van der Waals surface area contributed by atoms with Gasteiger partial charge >= 0.3 is 0 Å². The number of rotatable bonds is 3. The lowest BCUT2D eigenvalue weighted by atomic mass is 9.96. The molecule has 0 saturated heterocycles. The number of benzene rings is 1. The average molecular weight is 203 g/mol. The summed E-state index contributed by atoms with van der Waals surface area (Å²) in [5, 5.41) is 1.16. The van der Waals surface area contributed by atoms with E-state index in [1.165, 1.54) is 5.56 Å². The van der Waals surface area contributed by atoms with Crippen molar-refractivity contribution in [2.75, 3.05) is 0 Å². The summed E-state index contributed by atoms with van der Waals surface area (Å²) in [4.78, 5) is 0. The first kappa shape index (κ1) is 10.2. The highest BCUT2D eigenvalue weighted by Crippen LogP contribution is 2.30. The molecule has 1 aromatic heterocycles. The molecule has 1 heterocycles. The van der Waals surface area contributed by atoms with Gasteiger partial charge < -0.3 is 10.2 Å². The topological polar surface area (TPSA) is 39.2 Å². The van der Waals surface area contributed by atoms with Crippen LogP contribution >= 0.6 is 0 Å². The number of fused-ring (bicyclic) bond motifs is 1. The molecule has 2 N–H and O–H groups in total. The minimum Gasteiger partial charge on any atom is -0.464 e. The molecule has 15 heavy (non-hydrogen) atoms. The molecule has 2 rings (SSSR count). The molecule has 0 saturated carbocycles. The van der Waals surface area contributed by atoms with Crippen molar-refractivity contribution >= 4 is 11.0 Å². The summed E-state index contributed by atoms with van der Waals surface area (Å²) in [5.41, 5.74) is 9.05. The SMILES string of the molecule is CCC(C)c1cccc2c(CN)coc12. The van der Waals surface area contributed by atoms with Gasteiger partial charge in [-0.05, 0) is 17.9 Å². The second-order valence-electron chi connectivity index (χ2n) is 4.00. The third-order valence-electron chi connectivity index (χ3n) is 3.07. The molecule has 2 nitrogen and oxygen atoms in total. The lowest BCUT2D eigenvalue weighted by Gasteiger charge is -2.08. The van der Waals surface area contributed by atoms with E-state index in [1.807, 2.05) is 0 Å². The van der Waals surface area contributed by atoms with Crippen LogP contribution in [0.25, 0.3) is 11.0 Å². The normalized spacial score (nSPS) is 13.3. The molecule has 2 aromatic rings. The Kier molecular flexibility index (Phi) is 2.78. The number of furan rings is 1. The Labute approximate surface area is 90.1 Å². The third-order valence-corrected chi connectivity index (χ3v) is 3.07. The van der Waals surface area contributed by atoms with Gasteiger partial charge in [0.15, 0.2) is 0 Å². The molecule has 80 valence electrons. The summed E-state index contributed by atoms with van der Waals surface area (Å²) in [6.07, 6.45) is 2.90. The molecular formula is C13H17NO. The second-order valence-corrected chi connectivity index (χ2v) is 4.00. The molecule has 0 aliphatic carbocycles. The summed E-state index contributed by atoms with van der Waals surface area (Å²) < 4.78 is 5.61. The molecule has 2 heteroatoms. The molecular weight excluding hydrogens is 186 g/mol. The Morgan fingerprint density at radius 2 is 2.20 bits per heavy atom. The first-order valence-electron chi connectivity index (χ1n) is 5.47. The van der Waals surface area contributed by atoms with Gasteiger partial charge in [-0.25, -0.2) is 0 Å². The maximum Gasteiger partial charge on any atom is 0.137 e. The van der Waals surface area contributed by atoms with Gasteiger partial charge in [0, 0.05) is 17.5 Å². The van der Waals surface area contributed by atoms with E-state index in [-0.39, 0.29) is 0 Å². The van der Waals surface area contributed by atoms with E-state index in [4.69, 9.17) is 10.2 Å². The van der Waals surface area contributed by atoms with Gasteiger partial charge in [-0.3, -0.25) is 0 Å². The Hall–Kier alpha value is -1.28. The van der Waals surface area contributed by atoms with Gasteiger partial charge in [-0.1, -0.05) is 32.0 Å². The summed E-state index contributed by atoms with van der Waals surface area (Å²) in [5.74, 6) is 0.533.